The van der Waals surface area contributed by atoms with Gasteiger partial charge in [0, 0.05) is 18.6 Å². The van der Waals surface area contributed by atoms with Crippen LogP contribution in [-0.2, 0) is 0 Å². The third-order valence-corrected chi connectivity index (χ3v) is 5.49. The summed E-state index contributed by atoms with van der Waals surface area (Å²) in [5.74, 6) is 0.933. The maximum absolute atomic E-state index is 3.39. The van der Waals surface area contributed by atoms with E-state index in [4.69, 9.17) is 0 Å². The molecule has 1 saturated carbocycles. The predicted octanol–water partition coefficient (Wildman–Crippen LogP) is 3.67. The van der Waals surface area contributed by atoms with Crippen molar-refractivity contribution in [3.8, 4) is 0 Å². The molecule has 2 nitrogen and oxygen atoms in total. The van der Waals surface area contributed by atoms with E-state index in [9.17, 15) is 0 Å². The molecule has 0 aromatic carbocycles. The van der Waals surface area contributed by atoms with E-state index in [0.717, 1.165) is 18.0 Å². The topological polar surface area (TPSA) is 15.3 Å². The van der Waals surface area contributed by atoms with Gasteiger partial charge in [-0.15, -0.1) is 0 Å². The molecule has 2 heteroatoms. The van der Waals surface area contributed by atoms with Crippen LogP contribution >= 0.6 is 0 Å². The van der Waals surface area contributed by atoms with Gasteiger partial charge in [-0.1, -0.05) is 27.2 Å². The van der Waals surface area contributed by atoms with Gasteiger partial charge >= 0.3 is 0 Å². The van der Waals surface area contributed by atoms with E-state index in [2.05, 4.69) is 38.0 Å². The van der Waals surface area contributed by atoms with Gasteiger partial charge in [0.05, 0.1) is 0 Å². The highest BCUT2D eigenvalue weighted by molar-refractivity contribution is 4.89. The zero-order chi connectivity index (χ0) is 13.9. The van der Waals surface area contributed by atoms with Crippen LogP contribution in [0.3, 0.4) is 0 Å². The smallest absolute Gasteiger partial charge is 0.0223 e. The number of nitrogens with zero attached hydrogens (tertiary/aromatic N) is 1. The lowest BCUT2D eigenvalue weighted by Crippen LogP contribution is -2.43. The van der Waals surface area contributed by atoms with Crippen molar-refractivity contribution in [1.82, 2.24) is 10.2 Å². The number of likely N-dealkylation sites (N-methyl/N-ethyl adjacent to an activating group) is 1. The van der Waals surface area contributed by atoms with Crippen LogP contribution in [0.2, 0.25) is 0 Å². The average Bonchev–Trinajstić information content (AvgIpc) is 2.64. The second-order valence-corrected chi connectivity index (χ2v) is 7.82. The maximum atomic E-state index is 3.39. The second kappa shape index (κ2) is 6.58. The SMILES string of the molecule is CNCC1CCCN1C1CCCC(C(C)(C)C)CC1. The average molecular weight is 266 g/mol. The summed E-state index contributed by atoms with van der Waals surface area (Å²) < 4.78 is 0. The van der Waals surface area contributed by atoms with Gasteiger partial charge in [-0.25, -0.2) is 0 Å². The molecular formula is C17H34N2. The highest BCUT2D eigenvalue weighted by atomic mass is 15.2. The first-order valence-electron chi connectivity index (χ1n) is 8.42. The first-order chi connectivity index (χ1) is 9.02. The van der Waals surface area contributed by atoms with Gasteiger partial charge in [0.15, 0.2) is 0 Å². The summed E-state index contributed by atoms with van der Waals surface area (Å²) in [6.45, 7) is 9.81. The number of rotatable bonds is 3. The quantitative estimate of drug-likeness (QED) is 0.784. The number of hydrogen-bond acceptors (Lipinski definition) is 2. The Morgan fingerprint density at radius 1 is 1.00 bits per heavy atom. The molecule has 1 aliphatic carbocycles. The Morgan fingerprint density at radius 2 is 1.79 bits per heavy atom. The molecule has 112 valence electrons. The van der Waals surface area contributed by atoms with E-state index in [1.54, 1.807) is 0 Å². The highest BCUT2D eigenvalue weighted by Gasteiger charge is 2.33. The molecule has 0 amide bonds. The molecule has 1 aliphatic heterocycles. The molecule has 0 bridgehead atoms. The van der Waals surface area contributed by atoms with Crippen molar-refractivity contribution < 1.29 is 0 Å². The van der Waals surface area contributed by atoms with Crippen LogP contribution in [-0.4, -0.2) is 37.1 Å². The minimum absolute atomic E-state index is 0.504. The first-order valence-corrected chi connectivity index (χ1v) is 8.42. The molecule has 2 rings (SSSR count). The number of likely N-dealkylation sites (tertiary alicyclic amines) is 1. The van der Waals surface area contributed by atoms with Gasteiger partial charge in [-0.05, 0) is 63.5 Å². The summed E-state index contributed by atoms with van der Waals surface area (Å²) >= 11 is 0. The molecule has 3 atom stereocenters. The van der Waals surface area contributed by atoms with Crippen LogP contribution in [0.4, 0.5) is 0 Å². The van der Waals surface area contributed by atoms with Crippen molar-refractivity contribution in [3.63, 3.8) is 0 Å². The monoisotopic (exact) mass is 266 g/mol. The fourth-order valence-electron chi connectivity index (χ4n) is 4.27. The zero-order valence-corrected chi connectivity index (χ0v) is 13.5. The van der Waals surface area contributed by atoms with Gasteiger partial charge in [0.2, 0.25) is 0 Å². The van der Waals surface area contributed by atoms with Crippen LogP contribution in [0.15, 0.2) is 0 Å². The molecule has 2 aliphatic rings. The summed E-state index contributed by atoms with van der Waals surface area (Å²) in [5, 5.41) is 3.39. The Morgan fingerprint density at radius 3 is 2.47 bits per heavy atom. The van der Waals surface area contributed by atoms with Crippen molar-refractivity contribution >= 4 is 0 Å². The van der Waals surface area contributed by atoms with Crippen molar-refractivity contribution in [2.45, 2.75) is 77.8 Å². The van der Waals surface area contributed by atoms with Gasteiger partial charge in [-0.2, -0.15) is 0 Å². The Kier molecular flexibility index (Phi) is 5.30. The molecule has 0 spiro atoms. The summed E-state index contributed by atoms with van der Waals surface area (Å²) in [4.78, 5) is 2.83. The third kappa shape index (κ3) is 3.95. The number of hydrogen-bond donors (Lipinski definition) is 1. The second-order valence-electron chi connectivity index (χ2n) is 7.82. The van der Waals surface area contributed by atoms with E-state index in [1.807, 2.05) is 0 Å². The molecule has 19 heavy (non-hydrogen) atoms. The lowest BCUT2D eigenvalue weighted by atomic mass is 9.76. The zero-order valence-electron chi connectivity index (χ0n) is 13.5. The Bertz CT molecular complexity index is 269. The van der Waals surface area contributed by atoms with E-state index in [-0.39, 0.29) is 0 Å². The van der Waals surface area contributed by atoms with E-state index in [0.29, 0.717) is 5.41 Å². The standard InChI is InChI=1S/C17H34N2/c1-17(2,3)14-7-5-8-15(11-10-14)19-12-6-9-16(19)13-18-4/h14-16,18H,5-13H2,1-4H3. The highest BCUT2D eigenvalue weighted by Crippen LogP contribution is 2.38. The molecule has 3 unspecified atom stereocenters. The van der Waals surface area contributed by atoms with E-state index < -0.39 is 0 Å². The summed E-state index contributed by atoms with van der Waals surface area (Å²) in [6, 6.07) is 1.68. The predicted molar refractivity (Wildman–Crippen MR) is 83.5 cm³/mol. The molecule has 0 aromatic rings. The minimum atomic E-state index is 0.504. The Balaban J connectivity index is 1.91. The van der Waals surface area contributed by atoms with Crippen molar-refractivity contribution in [2.24, 2.45) is 11.3 Å². The van der Waals surface area contributed by atoms with Crippen molar-refractivity contribution in [2.75, 3.05) is 20.1 Å². The summed E-state index contributed by atoms with van der Waals surface area (Å²) in [5.41, 5.74) is 0.504. The fraction of sp³-hybridized carbons (Fsp3) is 1.00. The van der Waals surface area contributed by atoms with Crippen LogP contribution in [0.1, 0.15) is 65.7 Å². The fourth-order valence-corrected chi connectivity index (χ4v) is 4.27. The maximum Gasteiger partial charge on any atom is 0.0223 e. The van der Waals surface area contributed by atoms with Crippen LogP contribution < -0.4 is 5.32 Å². The first kappa shape index (κ1) is 15.3. The third-order valence-electron chi connectivity index (χ3n) is 5.49. The van der Waals surface area contributed by atoms with Gasteiger partial charge in [0.1, 0.15) is 0 Å². The van der Waals surface area contributed by atoms with Gasteiger partial charge in [-0.3, -0.25) is 4.90 Å². The van der Waals surface area contributed by atoms with Crippen LogP contribution in [0.5, 0.6) is 0 Å². The van der Waals surface area contributed by atoms with Crippen LogP contribution in [0.25, 0.3) is 0 Å². The summed E-state index contributed by atoms with van der Waals surface area (Å²) in [6.07, 6.45) is 10.0. The lowest BCUT2D eigenvalue weighted by molar-refractivity contribution is 0.155. The molecule has 0 aromatic heterocycles. The van der Waals surface area contributed by atoms with Gasteiger partial charge < -0.3 is 5.32 Å². The normalized spacial score (nSPS) is 34.4. The number of nitrogens with one attached hydrogen (secondary N) is 1. The van der Waals surface area contributed by atoms with Crippen molar-refractivity contribution in [1.29, 1.82) is 0 Å². The summed E-state index contributed by atoms with van der Waals surface area (Å²) in [7, 11) is 2.10. The molecule has 2 fully saturated rings. The largest absolute Gasteiger partial charge is 0.318 e. The molecule has 1 heterocycles. The van der Waals surface area contributed by atoms with Gasteiger partial charge in [0.25, 0.3) is 0 Å². The molecule has 1 N–H and O–H groups in total. The van der Waals surface area contributed by atoms with E-state index >= 15 is 0 Å². The Hall–Kier alpha value is -0.0800. The van der Waals surface area contributed by atoms with E-state index in [1.165, 1.54) is 58.0 Å². The van der Waals surface area contributed by atoms with Crippen molar-refractivity contribution in [3.05, 3.63) is 0 Å². The minimum Gasteiger partial charge on any atom is -0.318 e. The molecule has 1 saturated heterocycles. The Labute approximate surface area is 120 Å². The molecular weight excluding hydrogens is 232 g/mol. The van der Waals surface area contributed by atoms with Crippen LogP contribution in [0, 0.1) is 11.3 Å². The molecule has 0 radical (unpaired) electrons. The lowest BCUT2D eigenvalue weighted by Gasteiger charge is -2.33.